The van der Waals surface area contributed by atoms with Crippen molar-refractivity contribution in [1.29, 1.82) is 0 Å². The van der Waals surface area contributed by atoms with Crippen molar-refractivity contribution in [3.8, 4) is 11.1 Å². The first-order valence-corrected chi connectivity index (χ1v) is 19.9. The van der Waals surface area contributed by atoms with Crippen molar-refractivity contribution in [3.05, 3.63) is 94.3 Å². The summed E-state index contributed by atoms with van der Waals surface area (Å²) < 4.78 is 1.90. The van der Waals surface area contributed by atoms with Crippen LogP contribution in [-0.4, -0.2) is 72.5 Å². The predicted octanol–water partition coefficient (Wildman–Crippen LogP) is 8.08. The van der Waals surface area contributed by atoms with E-state index in [1.54, 1.807) is 0 Å². The number of anilines is 3. The molecule has 2 fully saturated rings. The molecule has 1 atom stereocenters. The van der Waals surface area contributed by atoms with Crippen molar-refractivity contribution in [3.63, 3.8) is 0 Å². The maximum absolute atomic E-state index is 13.7. The molecule has 1 amide bonds. The van der Waals surface area contributed by atoms with E-state index in [1.807, 2.05) is 66.5 Å². The molecule has 3 aromatic heterocycles. The summed E-state index contributed by atoms with van der Waals surface area (Å²) in [5.74, 6) is 1.09. The molecule has 0 radical (unpaired) electrons. The van der Waals surface area contributed by atoms with Crippen molar-refractivity contribution in [2.75, 3.05) is 36.8 Å². The average Bonchev–Trinajstić information content (AvgIpc) is 3.74. The van der Waals surface area contributed by atoms with Gasteiger partial charge in [-0.05, 0) is 98.4 Å². The van der Waals surface area contributed by atoms with Gasteiger partial charge in [0.05, 0.1) is 22.3 Å². The minimum Gasteiger partial charge on any atom is -0.481 e. The lowest BCUT2D eigenvalue weighted by atomic mass is 9.81. The van der Waals surface area contributed by atoms with Crippen LogP contribution in [0.5, 0.6) is 0 Å². The fourth-order valence-electron chi connectivity index (χ4n) is 8.82. The van der Waals surface area contributed by atoms with Crippen LogP contribution in [-0.2, 0) is 31.4 Å². The first kappa shape index (κ1) is 37.1. The lowest BCUT2D eigenvalue weighted by molar-refractivity contribution is -0.143. The maximum Gasteiger partial charge on any atom is 0.306 e. The van der Waals surface area contributed by atoms with E-state index in [0.29, 0.717) is 34.8 Å². The number of rotatable bonds is 10. The van der Waals surface area contributed by atoms with Crippen LogP contribution in [0.2, 0.25) is 5.02 Å². The molecule has 286 valence electrons. The number of nitrogens with one attached hydrogen (secondary N) is 2. The molecule has 2 aromatic carbocycles. The van der Waals surface area contributed by atoms with Crippen molar-refractivity contribution in [2.45, 2.75) is 65.5 Å². The molecule has 1 unspecified atom stereocenters. The number of aromatic nitrogens is 4. The molecule has 8 rings (SSSR count). The number of benzene rings is 2. The molecule has 0 spiro atoms. The number of pyridine rings is 2. The number of nitrogens with zero attached hydrogens (tertiary/aromatic N) is 6. The van der Waals surface area contributed by atoms with E-state index in [1.165, 1.54) is 12.0 Å². The summed E-state index contributed by atoms with van der Waals surface area (Å²) in [6.45, 7) is 10.0. The number of amides is 1. The van der Waals surface area contributed by atoms with Gasteiger partial charge < -0.3 is 20.3 Å². The quantitative estimate of drug-likeness (QED) is 0.129. The number of imidazole rings is 1. The van der Waals surface area contributed by atoms with Gasteiger partial charge in [-0.3, -0.25) is 24.4 Å². The molecule has 11 nitrogen and oxygen atoms in total. The summed E-state index contributed by atoms with van der Waals surface area (Å²) in [5.41, 5.74) is 8.15. The van der Waals surface area contributed by atoms with E-state index in [2.05, 4.69) is 45.3 Å². The van der Waals surface area contributed by atoms with Crippen LogP contribution in [0.3, 0.4) is 0 Å². The van der Waals surface area contributed by atoms with E-state index < -0.39 is 5.97 Å². The molecule has 1 saturated heterocycles. The zero-order chi connectivity index (χ0) is 38.2. The normalized spacial score (nSPS) is 20.4. The van der Waals surface area contributed by atoms with E-state index in [-0.39, 0.29) is 11.8 Å². The van der Waals surface area contributed by atoms with Crippen LogP contribution in [0.4, 0.5) is 17.2 Å². The van der Waals surface area contributed by atoms with Crippen LogP contribution in [0.15, 0.2) is 60.9 Å². The fraction of sp³-hybridized carbons (Fsp3) is 0.419. The predicted molar refractivity (Wildman–Crippen MR) is 217 cm³/mol. The van der Waals surface area contributed by atoms with E-state index in [4.69, 9.17) is 21.6 Å². The monoisotopic (exact) mass is 760 g/mol. The smallest absolute Gasteiger partial charge is 0.306 e. The highest BCUT2D eigenvalue weighted by Crippen LogP contribution is 2.39. The topological polar surface area (TPSA) is 129 Å². The van der Waals surface area contributed by atoms with E-state index in [9.17, 15) is 14.7 Å². The third kappa shape index (κ3) is 7.83. The van der Waals surface area contributed by atoms with Gasteiger partial charge in [0.1, 0.15) is 5.52 Å². The number of hydrogen-bond donors (Lipinski definition) is 3. The first-order valence-electron chi connectivity index (χ1n) is 19.5. The minimum atomic E-state index is -0.672. The summed E-state index contributed by atoms with van der Waals surface area (Å²) in [7, 11) is 1.90. The van der Waals surface area contributed by atoms with Gasteiger partial charge in [0.25, 0.3) is 5.91 Å². The van der Waals surface area contributed by atoms with Crippen LogP contribution in [0, 0.1) is 24.7 Å². The molecule has 3 aliphatic rings. The van der Waals surface area contributed by atoms with Gasteiger partial charge in [-0.25, -0.2) is 9.97 Å². The molecule has 3 N–H and O–H groups in total. The number of halogens is 1. The highest BCUT2D eigenvalue weighted by molar-refractivity contribution is 6.36. The second-order valence-electron chi connectivity index (χ2n) is 15.9. The third-order valence-corrected chi connectivity index (χ3v) is 12.4. The highest BCUT2D eigenvalue weighted by atomic mass is 35.5. The Labute approximate surface area is 327 Å². The van der Waals surface area contributed by atoms with Gasteiger partial charge in [-0.1, -0.05) is 42.8 Å². The third-order valence-electron chi connectivity index (χ3n) is 11.9. The number of hydrogen-bond acceptors (Lipinski definition) is 8. The van der Waals surface area contributed by atoms with Gasteiger partial charge in [0, 0.05) is 80.9 Å². The van der Waals surface area contributed by atoms with Crippen LogP contribution in [0.25, 0.3) is 22.0 Å². The zero-order valence-corrected chi connectivity index (χ0v) is 32.6. The molecule has 2 aliphatic heterocycles. The molecule has 5 aromatic rings. The Kier molecular flexibility index (Phi) is 10.6. The number of carboxylic acids is 1. The second kappa shape index (κ2) is 15.7. The molecule has 5 heterocycles. The van der Waals surface area contributed by atoms with E-state index >= 15 is 0 Å². The molecular weight excluding hydrogens is 712 g/mol. The van der Waals surface area contributed by atoms with Crippen LogP contribution < -0.4 is 10.6 Å². The molecular formula is C43H49ClN8O3. The molecule has 0 bridgehead atoms. The lowest BCUT2D eigenvalue weighted by Gasteiger charge is -2.33. The summed E-state index contributed by atoms with van der Waals surface area (Å²) in [4.78, 5) is 44.4. The lowest BCUT2D eigenvalue weighted by Crippen LogP contribution is -2.36. The zero-order valence-electron chi connectivity index (χ0n) is 31.8. The largest absolute Gasteiger partial charge is 0.481 e. The standard InChI is InChI=1S/C43H49ClN8O3/c1-26-15-18-51(22-26)24-29-20-31-14-17-45-40(39(31)46-21-29)47-34-8-4-6-32(27(34)2)33-7-5-9-35(38(33)44)49-42(53)41-48-36-25-52(19-16-37(36)50(41)3)23-28-10-12-30(13-11-28)43(54)55/h4-9,14,17,20-21,26,28,30H,10-13,15-16,18-19,22-25H2,1-3H3,(H,45,47)(H,49,53)(H,54,55). The second-order valence-corrected chi connectivity index (χ2v) is 16.2. The Morgan fingerprint density at radius 1 is 0.964 bits per heavy atom. The van der Waals surface area contributed by atoms with Crippen LogP contribution in [0.1, 0.15) is 72.2 Å². The summed E-state index contributed by atoms with van der Waals surface area (Å²) >= 11 is 7.07. The molecule has 1 aliphatic carbocycles. The van der Waals surface area contributed by atoms with Crippen molar-refractivity contribution in [2.24, 2.45) is 24.8 Å². The number of likely N-dealkylation sites (tertiary alicyclic amines) is 1. The Morgan fingerprint density at radius 2 is 1.75 bits per heavy atom. The summed E-state index contributed by atoms with van der Waals surface area (Å²) in [6, 6.07) is 16.0. The van der Waals surface area contributed by atoms with E-state index in [0.717, 1.165) is 115 Å². The summed E-state index contributed by atoms with van der Waals surface area (Å²) in [6.07, 6.45) is 9.21. The van der Waals surface area contributed by atoms with Gasteiger partial charge in [0.2, 0.25) is 0 Å². The number of carboxylic acid groups (broad SMARTS) is 1. The molecule has 12 heteroatoms. The molecule has 55 heavy (non-hydrogen) atoms. The first-order chi connectivity index (χ1) is 26.6. The van der Waals surface area contributed by atoms with Gasteiger partial charge in [-0.15, -0.1) is 0 Å². The Morgan fingerprint density at radius 3 is 2.51 bits per heavy atom. The average molecular weight is 761 g/mol. The minimum absolute atomic E-state index is 0.208. The highest BCUT2D eigenvalue weighted by Gasteiger charge is 2.30. The fourth-order valence-corrected chi connectivity index (χ4v) is 9.09. The summed E-state index contributed by atoms with van der Waals surface area (Å²) in [5, 5.41) is 17.4. The number of fused-ring (bicyclic) bond motifs is 2. The van der Waals surface area contributed by atoms with Gasteiger partial charge in [-0.2, -0.15) is 0 Å². The Balaban J connectivity index is 0.959. The number of aliphatic carboxylic acids is 1. The Hall–Kier alpha value is -4.84. The Bertz CT molecular complexity index is 2250. The van der Waals surface area contributed by atoms with Gasteiger partial charge >= 0.3 is 5.97 Å². The van der Waals surface area contributed by atoms with Crippen molar-refractivity contribution >= 4 is 51.6 Å². The van der Waals surface area contributed by atoms with Crippen molar-refractivity contribution < 1.29 is 14.7 Å². The van der Waals surface area contributed by atoms with Crippen molar-refractivity contribution in [1.82, 2.24) is 29.3 Å². The molecule has 1 saturated carbocycles. The van der Waals surface area contributed by atoms with Crippen LogP contribution >= 0.6 is 11.6 Å². The van der Waals surface area contributed by atoms with Gasteiger partial charge in [0.15, 0.2) is 11.6 Å². The number of carbonyl (C=O) groups is 2. The SMILES string of the molecule is Cc1c(Nc2nccc3cc(CN4CCC(C)C4)cnc23)cccc1-c1cccc(NC(=O)c2nc3c(n2C)CCN(CC2CCC(C(=O)O)CC2)C3)c1Cl. The number of carbonyl (C=O) groups excluding carboxylic acids is 1. The maximum atomic E-state index is 13.7.